The highest BCUT2D eigenvalue weighted by Gasteiger charge is 2.18. The number of hydrogen-bond acceptors (Lipinski definition) is 3. The summed E-state index contributed by atoms with van der Waals surface area (Å²) in [4.78, 5) is 29.9. The van der Waals surface area contributed by atoms with Gasteiger partial charge in [-0.05, 0) is 66.9 Å². The first-order valence-electron chi connectivity index (χ1n) is 9.44. The van der Waals surface area contributed by atoms with Gasteiger partial charge in [0.1, 0.15) is 11.6 Å². The minimum absolute atomic E-state index is 0.0763. The van der Waals surface area contributed by atoms with Crippen LogP contribution in [0.3, 0.4) is 0 Å². The van der Waals surface area contributed by atoms with Crippen LogP contribution < -0.4 is 10.9 Å². The number of pyridine rings is 1. The molecule has 30 heavy (non-hydrogen) atoms. The summed E-state index contributed by atoms with van der Waals surface area (Å²) in [6, 6.07) is 16.1. The number of carbonyl (C=O) groups excluding carboxylic acids is 1. The second-order valence-electron chi connectivity index (χ2n) is 7.09. The molecule has 2 aromatic carbocycles. The van der Waals surface area contributed by atoms with Gasteiger partial charge < -0.3 is 19.6 Å². The van der Waals surface area contributed by atoms with Gasteiger partial charge in [0, 0.05) is 16.8 Å². The smallest absolute Gasteiger partial charge is 0.322 e. The van der Waals surface area contributed by atoms with E-state index in [1.807, 2.05) is 25.1 Å². The Morgan fingerprint density at radius 1 is 1.10 bits per heavy atom. The summed E-state index contributed by atoms with van der Waals surface area (Å²) >= 11 is 0. The largest absolute Gasteiger partial charge is 0.467 e. The van der Waals surface area contributed by atoms with Gasteiger partial charge in [-0.25, -0.2) is 9.18 Å². The molecule has 0 bridgehead atoms. The zero-order valence-corrected chi connectivity index (χ0v) is 16.3. The Morgan fingerprint density at radius 3 is 2.63 bits per heavy atom. The molecule has 0 fully saturated rings. The Labute approximate surface area is 171 Å². The number of furan rings is 1. The first-order valence-corrected chi connectivity index (χ1v) is 9.44. The molecule has 7 heteroatoms. The predicted octanol–water partition coefficient (Wildman–Crippen LogP) is 4.80. The highest BCUT2D eigenvalue weighted by Crippen LogP contribution is 2.17. The van der Waals surface area contributed by atoms with Crippen LogP contribution >= 0.6 is 0 Å². The van der Waals surface area contributed by atoms with E-state index in [1.54, 1.807) is 18.2 Å². The average molecular weight is 405 g/mol. The number of rotatable bonds is 5. The lowest BCUT2D eigenvalue weighted by Gasteiger charge is -2.22. The molecular weight excluding hydrogens is 385 g/mol. The molecule has 0 atom stereocenters. The lowest BCUT2D eigenvalue weighted by molar-refractivity contribution is 0.201. The van der Waals surface area contributed by atoms with E-state index in [9.17, 15) is 14.0 Å². The Morgan fingerprint density at radius 2 is 1.90 bits per heavy atom. The molecule has 0 aliphatic rings. The van der Waals surface area contributed by atoms with Crippen LogP contribution in [-0.2, 0) is 13.1 Å². The normalized spacial score (nSPS) is 10.9. The first-order chi connectivity index (χ1) is 14.5. The van der Waals surface area contributed by atoms with Crippen molar-refractivity contribution in [2.24, 2.45) is 0 Å². The maximum absolute atomic E-state index is 13.1. The summed E-state index contributed by atoms with van der Waals surface area (Å²) in [5.74, 6) is 0.191. The fourth-order valence-corrected chi connectivity index (χ4v) is 3.22. The molecule has 152 valence electrons. The molecule has 0 aliphatic heterocycles. The zero-order valence-electron chi connectivity index (χ0n) is 16.3. The number of nitrogens with one attached hydrogen (secondary N) is 2. The molecule has 0 saturated heterocycles. The minimum atomic E-state index is -0.429. The number of carbonyl (C=O) groups is 1. The number of aryl methyl sites for hydroxylation is 1. The standard InChI is InChI=1S/C23H20FN3O3/c1-15-4-9-21-16(11-15)12-17(22(28)26-21)13-27(14-20-3-2-10-30-20)23(29)25-19-7-5-18(24)6-8-19/h2-12H,13-14H2,1H3,(H,25,29)(H,26,28). The molecule has 6 nitrogen and oxygen atoms in total. The van der Waals surface area contributed by atoms with Crippen LogP contribution in [-0.4, -0.2) is 15.9 Å². The SMILES string of the molecule is Cc1ccc2[nH]c(=O)c(CN(Cc3ccco3)C(=O)Nc3ccc(F)cc3)cc2c1. The summed E-state index contributed by atoms with van der Waals surface area (Å²) in [5.41, 5.74) is 2.46. The van der Waals surface area contributed by atoms with Crippen LogP contribution in [0.15, 0.2) is 76.1 Å². The minimum Gasteiger partial charge on any atom is -0.467 e. The molecule has 2 N–H and O–H groups in total. The predicted molar refractivity (Wildman–Crippen MR) is 113 cm³/mol. The van der Waals surface area contributed by atoms with Crippen molar-refractivity contribution in [1.29, 1.82) is 0 Å². The summed E-state index contributed by atoms with van der Waals surface area (Å²) < 4.78 is 18.5. The van der Waals surface area contributed by atoms with E-state index >= 15 is 0 Å². The van der Waals surface area contributed by atoms with Crippen LogP contribution in [0.4, 0.5) is 14.9 Å². The van der Waals surface area contributed by atoms with Crippen molar-refractivity contribution in [1.82, 2.24) is 9.88 Å². The number of amides is 2. The van der Waals surface area contributed by atoms with E-state index in [2.05, 4.69) is 10.3 Å². The Balaban J connectivity index is 1.63. The average Bonchev–Trinajstić information content (AvgIpc) is 3.23. The fourth-order valence-electron chi connectivity index (χ4n) is 3.22. The monoisotopic (exact) mass is 405 g/mol. The van der Waals surface area contributed by atoms with E-state index in [-0.39, 0.29) is 18.6 Å². The third-order valence-electron chi connectivity index (χ3n) is 4.75. The lowest BCUT2D eigenvalue weighted by atomic mass is 10.1. The topological polar surface area (TPSA) is 78.3 Å². The van der Waals surface area contributed by atoms with Crippen molar-refractivity contribution >= 4 is 22.6 Å². The van der Waals surface area contributed by atoms with Crippen molar-refractivity contribution < 1.29 is 13.6 Å². The molecule has 4 rings (SSSR count). The molecule has 0 unspecified atom stereocenters. The van der Waals surface area contributed by atoms with Crippen molar-refractivity contribution in [3.05, 3.63) is 100.0 Å². The quantitative estimate of drug-likeness (QED) is 0.500. The van der Waals surface area contributed by atoms with Gasteiger partial charge in [-0.3, -0.25) is 4.79 Å². The number of benzene rings is 2. The molecule has 0 spiro atoms. The maximum Gasteiger partial charge on any atom is 0.322 e. The summed E-state index contributed by atoms with van der Waals surface area (Å²) in [6.45, 7) is 2.22. The van der Waals surface area contributed by atoms with Gasteiger partial charge in [-0.2, -0.15) is 0 Å². The van der Waals surface area contributed by atoms with Crippen LogP contribution in [0.2, 0.25) is 0 Å². The van der Waals surface area contributed by atoms with Gasteiger partial charge in [0.25, 0.3) is 5.56 Å². The number of H-pyrrole nitrogens is 1. The number of urea groups is 1. The maximum atomic E-state index is 13.1. The number of anilines is 1. The van der Waals surface area contributed by atoms with Gasteiger partial charge in [-0.1, -0.05) is 11.6 Å². The summed E-state index contributed by atoms with van der Waals surface area (Å²) in [7, 11) is 0. The van der Waals surface area contributed by atoms with Crippen LogP contribution in [0, 0.1) is 12.7 Å². The fraction of sp³-hybridized carbons (Fsp3) is 0.130. The van der Waals surface area contributed by atoms with E-state index in [0.29, 0.717) is 17.0 Å². The Hall–Kier alpha value is -3.87. The van der Waals surface area contributed by atoms with Crippen molar-refractivity contribution in [2.45, 2.75) is 20.0 Å². The third-order valence-corrected chi connectivity index (χ3v) is 4.75. The molecule has 2 aromatic heterocycles. The van der Waals surface area contributed by atoms with Crippen molar-refractivity contribution in [3.63, 3.8) is 0 Å². The Kier molecular flexibility index (Phi) is 5.34. The van der Waals surface area contributed by atoms with Crippen LogP contribution in [0.25, 0.3) is 10.9 Å². The highest BCUT2D eigenvalue weighted by molar-refractivity contribution is 5.89. The Bertz CT molecular complexity index is 1230. The lowest BCUT2D eigenvalue weighted by Crippen LogP contribution is -2.35. The molecule has 2 heterocycles. The number of halogens is 1. The van der Waals surface area contributed by atoms with Gasteiger partial charge in [0.15, 0.2) is 0 Å². The number of nitrogens with zero attached hydrogens (tertiary/aromatic N) is 1. The van der Waals surface area contributed by atoms with E-state index in [4.69, 9.17) is 4.42 Å². The van der Waals surface area contributed by atoms with E-state index in [0.717, 1.165) is 16.5 Å². The molecule has 0 radical (unpaired) electrons. The zero-order chi connectivity index (χ0) is 21.1. The second kappa shape index (κ2) is 8.24. The molecule has 0 aliphatic carbocycles. The van der Waals surface area contributed by atoms with Gasteiger partial charge in [-0.15, -0.1) is 0 Å². The summed E-state index contributed by atoms with van der Waals surface area (Å²) in [5, 5.41) is 3.62. The second-order valence-corrected chi connectivity index (χ2v) is 7.09. The number of fused-ring (bicyclic) bond motifs is 1. The van der Waals surface area contributed by atoms with Crippen molar-refractivity contribution in [2.75, 3.05) is 5.32 Å². The summed E-state index contributed by atoms with van der Waals surface area (Å²) in [6.07, 6.45) is 1.52. The van der Waals surface area contributed by atoms with Gasteiger partial charge >= 0.3 is 6.03 Å². The highest BCUT2D eigenvalue weighted by atomic mass is 19.1. The van der Waals surface area contributed by atoms with E-state index < -0.39 is 11.8 Å². The number of aromatic nitrogens is 1. The molecule has 2 amide bonds. The van der Waals surface area contributed by atoms with E-state index in [1.165, 1.54) is 35.4 Å². The number of aromatic amines is 1. The molecular formula is C23H20FN3O3. The van der Waals surface area contributed by atoms with Crippen molar-refractivity contribution in [3.8, 4) is 0 Å². The third kappa shape index (κ3) is 4.41. The van der Waals surface area contributed by atoms with Gasteiger partial charge in [0.05, 0.1) is 19.4 Å². The molecule has 0 saturated carbocycles. The van der Waals surface area contributed by atoms with Crippen LogP contribution in [0.1, 0.15) is 16.9 Å². The van der Waals surface area contributed by atoms with Crippen LogP contribution in [0.5, 0.6) is 0 Å². The van der Waals surface area contributed by atoms with Gasteiger partial charge in [0.2, 0.25) is 0 Å². The number of hydrogen-bond donors (Lipinski definition) is 2. The molecule has 4 aromatic rings. The first kappa shape index (κ1) is 19.4.